The van der Waals surface area contributed by atoms with Crippen LogP contribution in [0.3, 0.4) is 0 Å². The normalized spacial score (nSPS) is 19.1. The molecule has 1 aromatic heterocycles. The lowest BCUT2D eigenvalue weighted by Gasteiger charge is -2.33. The van der Waals surface area contributed by atoms with E-state index >= 15 is 0 Å². The molecule has 1 aliphatic carbocycles. The van der Waals surface area contributed by atoms with Crippen molar-refractivity contribution in [1.29, 1.82) is 0 Å². The number of furan rings is 1. The zero-order valence-corrected chi connectivity index (χ0v) is 16.4. The first kappa shape index (κ1) is 18.7. The summed E-state index contributed by atoms with van der Waals surface area (Å²) in [6.45, 7) is 4.97. The lowest BCUT2D eigenvalue weighted by atomic mass is 10.1. The molecule has 1 aromatic carbocycles. The Kier molecular flexibility index (Phi) is 5.36. The van der Waals surface area contributed by atoms with Crippen molar-refractivity contribution < 1.29 is 17.6 Å². The number of morpholine rings is 1. The van der Waals surface area contributed by atoms with Gasteiger partial charge < -0.3 is 9.15 Å². The molecular weight excluding hydrogens is 364 g/mol. The zero-order chi connectivity index (χ0) is 18.9. The molecule has 1 fully saturated rings. The molecule has 0 spiro atoms. The number of aryl methyl sites for hydroxylation is 3. The van der Waals surface area contributed by atoms with Gasteiger partial charge >= 0.3 is 0 Å². The molecule has 1 N–H and O–H groups in total. The van der Waals surface area contributed by atoms with Crippen molar-refractivity contribution in [3.05, 3.63) is 53.0 Å². The minimum Gasteiger partial charge on any atom is -0.465 e. The first-order chi connectivity index (χ1) is 13.0. The van der Waals surface area contributed by atoms with Gasteiger partial charge in [0.2, 0.25) is 10.0 Å². The van der Waals surface area contributed by atoms with Gasteiger partial charge in [0, 0.05) is 19.6 Å². The average Bonchev–Trinajstić information content (AvgIpc) is 3.31. The van der Waals surface area contributed by atoms with E-state index in [-0.39, 0.29) is 12.6 Å². The lowest BCUT2D eigenvalue weighted by molar-refractivity contribution is 0.0127. The molecule has 0 saturated carbocycles. The lowest BCUT2D eigenvalue weighted by Crippen LogP contribution is -2.43. The molecule has 0 amide bonds. The van der Waals surface area contributed by atoms with Crippen molar-refractivity contribution in [2.45, 2.75) is 37.1 Å². The maximum Gasteiger partial charge on any atom is 0.240 e. The average molecular weight is 391 g/mol. The fourth-order valence-electron chi connectivity index (χ4n) is 3.92. The second kappa shape index (κ2) is 7.75. The van der Waals surface area contributed by atoms with Crippen molar-refractivity contribution in [1.82, 2.24) is 9.62 Å². The van der Waals surface area contributed by atoms with Crippen LogP contribution in [-0.2, 0) is 27.6 Å². The molecule has 146 valence electrons. The third kappa shape index (κ3) is 4.11. The van der Waals surface area contributed by atoms with Gasteiger partial charge in [0.1, 0.15) is 11.5 Å². The molecule has 0 bridgehead atoms. The van der Waals surface area contributed by atoms with Gasteiger partial charge in [-0.25, -0.2) is 13.1 Å². The quantitative estimate of drug-likeness (QED) is 0.820. The summed E-state index contributed by atoms with van der Waals surface area (Å²) in [4.78, 5) is 2.56. The smallest absolute Gasteiger partial charge is 0.240 e. The number of benzene rings is 1. The molecule has 4 rings (SSSR count). The van der Waals surface area contributed by atoms with Gasteiger partial charge in [-0.15, -0.1) is 0 Å². The highest BCUT2D eigenvalue weighted by atomic mass is 32.2. The Labute approximate surface area is 160 Å². The van der Waals surface area contributed by atoms with E-state index in [1.54, 1.807) is 6.07 Å². The van der Waals surface area contributed by atoms with Gasteiger partial charge in [-0.05, 0) is 61.6 Å². The second-order valence-corrected chi connectivity index (χ2v) is 9.02. The number of ether oxygens (including phenoxy) is 1. The molecule has 6 nitrogen and oxygen atoms in total. The molecule has 7 heteroatoms. The number of sulfonamides is 1. The van der Waals surface area contributed by atoms with Crippen molar-refractivity contribution in [3.63, 3.8) is 0 Å². The Morgan fingerprint density at radius 1 is 1.11 bits per heavy atom. The summed E-state index contributed by atoms with van der Waals surface area (Å²) >= 11 is 0. The first-order valence-corrected chi connectivity index (χ1v) is 11.0. The molecular formula is C20H26N2O4S. The van der Waals surface area contributed by atoms with Crippen molar-refractivity contribution in [3.8, 4) is 0 Å². The molecule has 1 aliphatic heterocycles. The SMILES string of the molecule is Cc1ccc([C@H](CNS(=O)(=O)c2ccc3c(c2)CCC3)N2CCOCC2)o1. The molecule has 2 aliphatic rings. The standard InChI is InChI=1S/C20H26N2O4S/c1-15-5-8-20(26-15)19(22-9-11-25-12-10-22)14-21-27(23,24)18-7-6-16-3-2-4-17(16)13-18/h5-8,13,19,21H,2-4,9-12,14H2,1H3/t19-/m0/s1. The van der Waals surface area contributed by atoms with E-state index in [4.69, 9.17) is 9.15 Å². The van der Waals surface area contributed by atoms with Gasteiger partial charge in [-0.2, -0.15) is 0 Å². The molecule has 1 atom stereocenters. The molecule has 2 aromatic rings. The molecule has 2 heterocycles. The summed E-state index contributed by atoms with van der Waals surface area (Å²) < 4.78 is 39.8. The van der Waals surface area contributed by atoms with E-state index in [9.17, 15) is 8.42 Å². The first-order valence-electron chi connectivity index (χ1n) is 9.52. The summed E-state index contributed by atoms with van der Waals surface area (Å²) in [5.41, 5.74) is 2.43. The van der Waals surface area contributed by atoms with Crippen LogP contribution in [0.25, 0.3) is 0 Å². The number of nitrogens with one attached hydrogen (secondary N) is 1. The highest BCUT2D eigenvalue weighted by molar-refractivity contribution is 7.89. The molecule has 27 heavy (non-hydrogen) atoms. The van der Waals surface area contributed by atoms with Gasteiger partial charge in [0.05, 0.1) is 24.2 Å². The van der Waals surface area contributed by atoms with E-state index in [2.05, 4.69) is 9.62 Å². The third-order valence-corrected chi connectivity index (χ3v) is 6.84. The topological polar surface area (TPSA) is 71.8 Å². The zero-order valence-electron chi connectivity index (χ0n) is 15.6. The van der Waals surface area contributed by atoms with Crippen molar-refractivity contribution in [2.24, 2.45) is 0 Å². The summed E-state index contributed by atoms with van der Waals surface area (Å²) in [5, 5.41) is 0. The molecule has 1 saturated heterocycles. The largest absolute Gasteiger partial charge is 0.465 e. The Bertz CT molecular complexity index is 900. The second-order valence-electron chi connectivity index (χ2n) is 7.25. The van der Waals surface area contributed by atoms with Crippen LogP contribution in [0.2, 0.25) is 0 Å². The van der Waals surface area contributed by atoms with Crippen LogP contribution in [0.5, 0.6) is 0 Å². The van der Waals surface area contributed by atoms with Gasteiger partial charge in [-0.1, -0.05) is 6.07 Å². The van der Waals surface area contributed by atoms with E-state index in [1.807, 2.05) is 31.2 Å². The number of rotatable bonds is 6. The minimum absolute atomic E-state index is 0.146. The number of nitrogens with zero attached hydrogens (tertiary/aromatic N) is 1. The summed E-state index contributed by atoms with van der Waals surface area (Å²) in [6.07, 6.45) is 3.10. The number of fused-ring (bicyclic) bond motifs is 1. The van der Waals surface area contributed by atoms with E-state index in [1.165, 1.54) is 5.56 Å². The summed E-state index contributed by atoms with van der Waals surface area (Å²) in [7, 11) is -3.57. The minimum atomic E-state index is -3.57. The van der Waals surface area contributed by atoms with Crippen LogP contribution in [0.15, 0.2) is 39.6 Å². The summed E-state index contributed by atoms with van der Waals surface area (Å²) in [5.74, 6) is 1.61. The van der Waals surface area contributed by atoms with E-state index < -0.39 is 10.0 Å². The monoisotopic (exact) mass is 390 g/mol. The van der Waals surface area contributed by atoms with Crippen molar-refractivity contribution in [2.75, 3.05) is 32.8 Å². The van der Waals surface area contributed by atoms with E-state index in [0.717, 1.165) is 49.4 Å². The van der Waals surface area contributed by atoms with Crippen molar-refractivity contribution >= 4 is 10.0 Å². The maximum atomic E-state index is 12.9. The van der Waals surface area contributed by atoms with Crippen LogP contribution in [0, 0.1) is 6.92 Å². The predicted octanol–water partition coefficient (Wildman–Crippen LogP) is 2.43. The Hall–Kier alpha value is -1.67. The highest BCUT2D eigenvalue weighted by Gasteiger charge is 2.27. The highest BCUT2D eigenvalue weighted by Crippen LogP contribution is 2.26. The number of hydrogen-bond donors (Lipinski definition) is 1. The van der Waals surface area contributed by atoms with Crippen LogP contribution in [-0.4, -0.2) is 46.2 Å². The molecule has 0 radical (unpaired) electrons. The van der Waals surface area contributed by atoms with Gasteiger partial charge in [0.25, 0.3) is 0 Å². The fraction of sp³-hybridized carbons (Fsp3) is 0.500. The van der Waals surface area contributed by atoms with Crippen LogP contribution in [0.1, 0.15) is 35.1 Å². The third-order valence-electron chi connectivity index (χ3n) is 5.42. The Balaban J connectivity index is 1.52. The van der Waals surface area contributed by atoms with E-state index in [0.29, 0.717) is 18.1 Å². The van der Waals surface area contributed by atoms with Gasteiger partial charge in [0.15, 0.2) is 0 Å². The Morgan fingerprint density at radius 3 is 2.63 bits per heavy atom. The summed E-state index contributed by atoms with van der Waals surface area (Å²) in [6, 6.07) is 9.19. The van der Waals surface area contributed by atoms with Gasteiger partial charge in [-0.3, -0.25) is 4.90 Å². The van der Waals surface area contributed by atoms with Crippen LogP contribution < -0.4 is 4.72 Å². The Morgan fingerprint density at radius 2 is 1.89 bits per heavy atom. The maximum absolute atomic E-state index is 12.9. The number of hydrogen-bond acceptors (Lipinski definition) is 5. The van der Waals surface area contributed by atoms with Crippen LogP contribution in [0.4, 0.5) is 0 Å². The predicted molar refractivity (Wildman–Crippen MR) is 102 cm³/mol. The fourth-order valence-corrected chi connectivity index (χ4v) is 5.01. The van der Waals surface area contributed by atoms with Crippen LogP contribution >= 0.6 is 0 Å². The molecule has 0 unspecified atom stereocenters.